The molecule has 3 fully saturated rings. The van der Waals surface area contributed by atoms with E-state index < -0.39 is 83.9 Å². The molecule has 1 amide bonds. The number of Topliss-reactive ketones (excluding diaryl/α,β-unsaturated/α-hetero) is 2. The highest BCUT2D eigenvalue weighted by molar-refractivity contribution is 6.39. The van der Waals surface area contributed by atoms with Gasteiger partial charge in [-0.2, -0.15) is 0 Å². The molecule has 3 aliphatic heterocycles. The van der Waals surface area contributed by atoms with Crippen LogP contribution in [0.5, 0.6) is 0 Å². The molecule has 0 radical (unpaired) electrons. The number of aliphatic hydroxyl groups excluding tert-OH is 2. The van der Waals surface area contributed by atoms with Crippen molar-refractivity contribution in [2.24, 2.45) is 29.6 Å². The summed E-state index contributed by atoms with van der Waals surface area (Å²) < 4.78 is 34.7. The van der Waals surface area contributed by atoms with Gasteiger partial charge in [-0.25, -0.2) is 4.79 Å². The quantitative estimate of drug-likeness (QED) is 0.167. The van der Waals surface area contributed by atoms with Gasteiger partial charge in [0, 0.05) is 58.5 Å². The molecule has 3 heterocycles. The summed E-state index contributed by atoms with van der Waals surface area (Å²) in [6, 6.07) is -1.17. The lowest BCUT2D eigenvalue weighted by molar-refractivity contribution is -0.302. The average molecular weight is 864 g/mol. The van der Waals surface area contributed by atoms with Crippen LogP contribution in [-0.2, 0) is 52.4 Å². The molecule has 14 unspecified atom stereocenters. The standard InChI is InChI=1S/C46H73NO14/c1-26-19-27(2)21-38(57-7)42-39(58-8)23-29(4)46(55,61-42)43(52)44(53)47-18-11-10-14-33(47)45(54)60-41(28(3)22-31-16-17-34(48)37(24-31)56-6)30(5)35(49)25-36(50)32(20-26)13-12-15-40(51)59-9/h20,22,27,29-35,37-39,41-42,48-49,55H,10-19,21,23-25H2,1-9H3/b26-20+,28-22?. The maximum Gasteiger partial charge on any atom is 0.329 e. The Morgan fingerprint density at radius 3 is 2.23 bits per heavy atom. The molecule has 15 nitrogen and oxygen atoms in total. The molecule has 3 N–H and O–H groups in total. The van der Waals surface area contributed by atoms with E-state index in [-0.39, 0.29) is 61.9 Å². The van der Waals surface area contributed by atoms with Gasteiger partial charge in [0.2, 0.25) is 5.79 Å². The average Bonchev–Trinajstić information content (AvgIpc) is 3.24. The third kappa shape index (κ3) is 12.8. The van der Waals surface area contributed by atoms with E-state index >= 15 is 0 Å². The zero-order chi connectivity index (χ0) is 45.2. The van der Waals surface area contributed by atoms with Gasteiger partial charge >= 0.3 is 11.9 Å². The Balaban J connectivity index is 1.79. The molecule has 4 aliphatic rings. The SMILES string of the molecule is COC(=O)CCCC1/C=C(\C)CC(C)CC(OC)C2OC(O)(C(=O)C(=O)N3CCCCC3C(=O)OC(C(C)=CC3CCC(O)C(OC)C3)C(C)C(O)CC1=O)C(C)CC2OC. The number of cyclic esters (lactones) is 1. The highest BCUT2D eigenvalue weighted by atomic mass is 16.7. The molecule has 61 heavy (non-hydrogen) atoms. The Labute approximate surface area is 361 Å². The first-order valence-corrected chi connectivity index (χ1v) is 22.2. The number of methoxy groups -OCH3 is 4. The Morgan fingerprint density at radius 2 is 1.57 bits per heavy atom. The number of amides is 1. The second kappa shape index (κ2) is 23.0. The fraction of sp³-hybridized carbons (Fsp3) is 0.804. The van der Waals surface area contributed by atoms with Crippen molar-refractivity contribution in [3.05, 3.63) is 23.3 Å². The largest absolute Gasteiger partial charge is 0.469 e. The normalized spacial score (nSPS) is 39.0. The van der Waals surface area contributed by atoms with Gasteiger partial charge in [-0.3, -0.25) is 19.2 Å². The van der Waals surface area contributed by atoms with Crippen LogP contribution in [0.3, 0.4) is 0 Å². The first-order valence-electron chi connectivity index (χ1n) is 22.2. The lowest BCUT2D eigenvalue weighted by atomic mass is 9.81. The first-order chi connectivity index (χ1) is 28.9. The smallest absolute Gasteiger partial charge is 0.329 e. The molecule has 0 spiro atoms. The fourth-order valence-corrected chi connectivity index (χ4v) is 9.86. The number of piperidine rings is 1. The molecule has 14 atom stereocenters. The number of esters is 2. The number of fused-ring (bicyclic) bond motifs is 3. The number of allylic oxidation sites excluding steroid dienone is 3. The molecule has 15 heteroatoms. The predicted molar refractivity (Wildman–Crippen MR) is 224 cm³/mol. The van der Waals surface area contributed by atoms with Crippen LogP contribution in [-0.4, -0.2) is 139 Å². The molecule has 4 rings (SSSR count). The number of aliphatic hydroxyl groups is 3. The molecule has 2 saturated heterocycles. The van der Waals surface area contributed by atoms with E-state index in [9.17, 15) is 39.3 Å². The van der Waals surface area contributed by atoms with Crippen molar-refractivity contribution >= 4 is 29.4 Å². The summed E-state index contributed by atoms with van der Waals surface area (Å²) >= 11 is 0. The van der Waals surface area contributed by atoms with Gasteiger partial charge in [0.05, 0.1) is 37.6 Å². The lowest BCUT2D eigenvalue weighted by Crippen LogP contribution is -2.64. The maximum atomic E-state index is 14.4. The fourth-order valence-electron chi connectivity index (χ4n) is 9.86. The van der Waals surface area contributed by atoms with Crippen LogP contribution in [0.1, 0.15) is 118 Å². The van der Waals surface area contributed by atoms with E-state index in [2.05, 4.69) is 0 Å². The van der Waals surface area contributed by atoms with Crippen LogP contribution in [0.25, 0.3) is 0 Å². The minimum Gasteiger partial charge on any atom is -0.469 e. The summed E-state index contributed by atoms with van der Waals surface area (Å²) in [6.07, 6.45) is 3.09. The van der Waals surface area contributed by atoms with E-state index in [1.165, 1.54) is 21.3 Å². The molecule has 0 aromatic carbocycles. The molecule has 2 bridgehead atoms. The summed E-state index contributed by atoms with van der Waals surface area (Å²) in [5.41, 5.74) is 1.52. The number of hydrogen-bond donors (Lipinski definition) is 3. The van der Waals surface area contributed by atoms with Crippen molar-refractivity contribution in [2.75, 3.05) is 35.0 Å². The molecule has 0 aromatic rings. The van der Waals surface area contributed by atoms with Crippen molar-refractivity contribution in [2.45, 2.75) is 173 Å². The Bertz CT molecular complexity index is 1580. The van der Waals surface area contributed by atoms with Crippen LogP contribution < -0.4 is 0 Å². The van der Waals surface area contributed by atoms with Crippen molar-refractivity contribution in [3.63, 3.8) is 0 Å². The Kier molecular flexibility index (Phi) is 19.1. The number of rotatable bonds is 9. The molecule has 346 valence electrons. The van der Waals surface area contributed by atoms with Crippen LogP contribution in [0.15, 0.2) is 23.3 Å². The minimum absolute atomic E-state index is 0.0410. The predicted octanol–water partition coefficient (Wildman–Crippen LogP) is 4.41. The molecule has 1 saturated carbocycles. The number of carbonyl (C=O) groups excluding carboxylic acids is 5. The number of carbonyl (C=O) groups is 5. The number of ketones is 2. The van der Waals surface area contributed by atoms with E-state index in [0.717, 1.165) is 10.5 Å². The Morgan fingerprint density at radius 1 is 0.902 bits per heavy atom. The molecule has 0 aromatic heterocycles. The summed E-state index contributed by atoms with van der Waals surface area (Å²) in [5.74, 6) is -8.56. The third-order valence-electron chi connectivity index (χ3n) is 13.6. The molecular weight excluding hydrogens is 790 g/mol. The van der Waals surface area contributed by atoms with Crippen molar-refractivity contribution in [1.29, 1.82) is 0 Å². The van der Waals surface area contributed by atoms with Crippen molar-refractivity contribution in [1.82, 2.24) is 4.90 Å². The van der Waals surface area contributed by atoms with Crippen LogP contribution in [0.4, 0.5) is 0 Å². The van der Waals surface area contributed by atoms with Gasteiger partial charge in [0.15, 0.2) is 0 Å². The Hall–Kier alpha value is -3.05. The molecular formula is C46H73NO14. The van der Waals surface area contributed by atoms with Gasteiger partial charge in [0.1, 0.15) is 24.0 Å². The molecule has 1 aliphatic carbocycles. The van der Waals surface area contributed by atoms with Crippen LogP contribution >= 0.6 is 0 Å². The number of hydrogen-bond acceptors (Lipinski definition) is 14. The van der Waals surface area contributed by atoms with Gasteiger partial charge in [-0.05, 0) is 102 Å². The number of nitrogens with zero attached hydrogens (tertiary/aromatic N) is 1. The summed E-state index contributed by atoms with van der Waals surface area (Å²) in [7, 11) is 5.88. The minimum atomic E-state index is -2.54. The van der Waals surface area contributed by atoms with E-state index in [1.54, 1.807) is 27.9 Å². The summed E-state index contributed by atoms with van der Waals surface area (Å²) in [5, 5.41) is 34.4. The zero-order valence-electron chi connectivity index (χ0n) is 37.8. The topological polar surface area (TPSA) is 205 Å². The summed E-state index contributed by atoms with van der Waals surface area (Å²) in [6.45, 7) is 9.12. The highest BCUT2D eigenvalue weighted by Crippen LogP contribution is 2.39. The van der Waals surface area contributed by atoms with Crippen molar-refractivity contribution < 1.29 is 67.7 Å². The first kappa shape index (κ1) is 50.6. The van der Waals surface area contributed by atoms with E-state index in [4.69, 9.17) is 28.4 Å². The van der Waals surface area contributed by atoms with E-state index in [0.29, 0.717) is 63.4 Å². The van der Waals surface area contributed by atoms with Crippen LogP contribution in [0.2, 0.25) is 0 Å². The number of ether oxygens (including phenoxy) is 6. The monoisotopic (exact) mass is 864 g/mol. The van der Waals surface area contributed by atoms with Crippen molar-refractivity contribution in [3.8, 4) is 0 Å². The second-order valence-corrected chi connectivity index (χ2v) is 18.2. The second-order valence-electron chi connectivity index (χ2n) is 18.2. The highest BCUT2D eigenvalue weighted by Gasteiger charge is 2.56. The van der Waals surface area contributed by atoms with Gasteiger partial charge in [0.25, 0.3) is 11.7 Å². The maximum absolute atomic E-state index is 14.4. The van der Waals surface area contributed by atoms with Gasteiger partial charge in [-0.1, -0.05) is 38.5 Å². The lowest BCUT2D eigenvalue weighted by Gasteiger charge is -2.47. The summed E-state index contributed by atoms with van der Waals surface area (Å²) in [4.78, 5) is 70.3. The van der Waals surface area contributed by atoms with E-state index in [1.807, 2.05) is 26.0 Å². The van der Waals surface area contributed by atoms with Gasteiger partial charge < -0.3 is 48.6 Å². The van der Waals surface area contributed by atoms with Gasteiger partial charge in [-0.15, -0.1) is 0 Å². The zero-order valence-corrected chi connectivity index (χ0v) is 37.8. The van der Waals surface area contributed by atoms with Crippen LogP contribution in [0, 0.1) is 29.6 Å². The third-order valence-corrected chi connectivity index (χ3v) is 13.6.